The van der Waals surface area contributed by atoms with Crippen molar-refractivity contribution in [1.82, 2.24) is 5.43 Å². The summed E-state index contributed by atoms with van der Waals surface area (Å²) < 4.78 is 0. The van der Waals surface area contributed by atoms with Crippen LogP contribution in [0.2, 0.25) is 5.02 Å². The minimum atomic E-state index is -0.453. The molecule has 0 radical (unpaired) electrons. The Labute approximate surface area is 143 Å². The molecular weight excluding hydrogens is 330 g/mol. The third-order valence-corrected chi connectivity index (χ3v) is 3.27. The van der Waals surface area contributed by atoms with E-state index in [9.17, 15) is 14.9 Å². The molecule has 1 N–H and O–H groups in total. The number of benzene rings is 2. The summed E-state index contributed by atoms with van der Waals surface area (Å²) in [5.74, 6) is -0.239. The van der Waals surface area contributed by atoms with Gasteiger partial charge >= 0.3 is 0 Å². The minimum absolute atomic E-state index is 0.0373. The lowest BCUT2D eigenvalue weighted by Crippen LogP contribution is -2.19. The SMILES string of the molecule is O=C(Cc1ccc(Cl)cc1)NN=CC=Cc1ccc([N+](=O)[O-])cc1. The van der Waals surface area contributed by atoms with Gasteiger partial charge in [-0.25, -0.2) is 5.43 Å². The highest BCUT2D eigenvalue weighted by molar-refractivity contribution is 6.30. The molecule has 0 unspecified atom stereocenters. The van der Waals surface area contributed by atoms with E-state index >= 15 is 0 Å². The molecule has 2 rings (SSSR count). The Morgan fingerprint density at radius 1 is 1.17 bits per heavy atom. The number of nitrogens with one attached hydrogen (secondary N) is 1. The van der Waals surface area contributed by atoms with Crippen LogP contribution in [0.25, 0.3) is 6.08 Å². The highest BCUT2D eigenvalue weighted by atomic mass is 35.5. The third-order valence-electron chi connectivity index (χ3n) is 3.02. The summed E-state index contributed by atoms with van der Waals surface area (Å²) in [4.78, 5) is 21.8. The molecule has 0 heterocycles. The molecule has 2 aromatic rings. The molecule has 24 heavy (non-hydrogen) atoms. The van der Waals surface area contributed by atoms with Crippen molar-refractivity contribution in [1.29, 1.82) is 0 Å². The van der Waals surface area contributed by atoms with Crippen LogP contribution in [0, 0.1) is 10.1 Å². The van der Waals surface area contributed by atoms with Gasteiger partial charge in [0.2, 0.25) is 5.91 Å². The molecule has 6 nitrogen and oxygen atoms in total. The molecule has 0 saturated heterocycles. The van der Waals surface area contributed by atoms with Crippen molar-refractivity contribution in [3.8, 4) is 0 Å². The van der Waals surface area contributed by atoms with E-state index in [2.05, 4.69) is 10.5 Å². The number of carbonyl (C=O) groups excluding carboxylic acids is 1. The van der Waals surface area contributed by atoms with Crippen LogP contribution in [0.1, 0.15) is 11.1 Å². The standard InChI is InChI=1S/C17H14ClN3O3/c18-15-7-3-14(4-8-15)12-17(22)20-19-11-1-2-13-5-9-16(10-6-13)21(23)24/h1-11H,12H2,(H,20,22). The second-order valence-electron chi connectivity index (χ2n) is 4.82. The lowest BCUT2D eigenvalue weighted by atomic mass is 10.1. The zero-order valence-corrected chi connectivity index (χ0v) is 13.3. The molecule has 0 aliphatic heterocycles. The molecule has 0 aromatic heterocycles. The van der Waals surface area contributed by atoms with E-state index in [1.54, 1.807) is 48.6 Å². The molecule has 0 aliphatic rings. The number of allylic oxidation sites excluding steroid dienone is 1. The first-order chi connectivity index (χ1) is 11.5. The fourth-order valence-electron chi connectivity index (χ4n) is 1.84. The second kappa shape index (κ2) is 8.59. The van der Waals surface area contributed by atoms with Gasteiger partial charge < -0.3 is 0 Å². The summed E-state index contributed by atoms with van der Waals surface area (Å²) in [7, 11) is 0. The van der Waals surface area contributed by atoms with Gasteiger partial charge in [0.25, 0.3) is 5.69 Å². The number of hydrazone groups is 1. The quantitative estimate of drug-likeness (QED) is 0.494. The van der Waals surface area contributed by atoms with Gasteiger partial charge in [-0.3, -0.25) is 14.9 Å². The van der Waals surface area contributed by atoms with Crippen molar-refractivity contribution in [2.75, 3.05) is 0 Å². The van der Waals surface area contributed by atoms with Gasteiger partial charge in [-0.1, -0.05) is 29.8 Å². The smallest absolute Gasteiger partial charge is 0.269 e. The van der Waals surface area contributed by atoms with E-state index in [0.29, 0.717) is 5.02 Å². The molecule has 0 atom stereocenters. The van der Waals surface area contributed by atoms with Crippen molar-refractivity contribution in [3.05, 3.63) is 80.9 Å². The fraction of sp³-hybridized carbons (Fsp3) is 0.0588. The molecule has 7 heteroatoms. The Morgan fingerprint density at radius 2 is 1.83 bits per heavy atom. The fourth-order valence-corrected chi connectivity index (χ4v) is 1.97. The number of nitrogens with zero attached hydrogens (tertiary/aromatic N) is 2. The molecule has 0 aliphatic carbocycles. The maximum Gasteiger partial charge on any atom is 0.269 e. The zero-order chi connectivity index (χ0) is 17.4. The molecule has 0 bridgehead atoms. The van der Waals surface area contributed by atoms with Crippen LogP contribution in [-0.4, -0.2) is 17.0 Å². The Balaban J connectivity index is 1.80. The van der Waals surface area contributed by atoms with Crippen LogP contribution in [0.4, 0.5) is 5.69 Å². The van der Waals surface area contributed by atoms with Crippen LogP contribution in [0.15, 0.2) is 59.7 Å². The number of nitro groups is 1. The highest BCUT2D eigenvalue weighted by Crippen LogP contribution is 2.12. The molecule has 0 fully saturated rings. The van der Waals surface area contributed by atoms with Crippen LogP contribution in [0.5, 0.6) is 0 Å². The van der Waals surface area contributed by atoms with E-state index in [0.717, 1.165) is 11.1 Å². The molecule has 122 valence electrons. The number of nitro benzene ring substituents is 1. The van der Waals surface area contributed by atoms with Crippen LogP contribution >= 0.6 is 11.6 Å². The average molecular weight is 344 g/mol. The normalized spacial score (nSPS) is 11.0. The van der Waals surface area contributed by atoms with Gasteiger partial charge in [0.05, 0.1) is 11.3 Å². The summed E-state index contributed by atoms with van der Waals surface area (Å²) in [6.07, 6.45) is 4.99. The Morgan fingerprint density at radius 3 is 2.46 bits per heavy atom. The number of rotatable bonds is 6. The first-order valence-electron chi connectivity index (χ1n) is 7.02. The zero-order valence-electron chi connectivity index (χ0n) is 12.6. The third kappa shape index (κ3) is 5.66. The van der Waals surface area contributed by atoms with Gasteiger partial charge in [0, 0.05) is 23.4 Å². The number of amides is 1. The number of non-ortho nitro benzene ring substituents is 1. The summed E-state index contributed by atoms with van der Waals surface area (Å²) in [6.45, 7) is 0. The van der Waals surface area contributed by atoms with Gasteiger partial charge in [-0.05, 0) is 41.5 Å². The summed E-state index contributed by atoms with van der Waals surface area (Å²) in [6, 6.07) is 13.1. The van der Waals surface area contributed by atoms with E-state index < -0.39 is 4.92 Å². The van der Waals surface area contributed by atoms with E-state index in [1.165, 1.54) is 18.3 Å². The van der Waals surface area contributed by atoms with Gasteiger partial charge in [0.1, 0.15) is 0 Å². The summed E-state index contributed by atoms with van der Waals surface area (Å²) in [5, 5.41) is 15.0. The number of carbonyl (C=O) groups is 1. The molecule has 0 spiro atoms. The van der Waals surface area contributed by atoms with Crippen molar-refractivity contribution < 1.29 is 9.72 Å². The summed E-state index contributed by atoms with van der Waals surface area (Å²) in [5.41, 5.74) is 4.08. The van der Waals surface area contributed by atoms with E-state index in [-0.39, 0.29) is 18.0 Å². The predicted octanol–water partition coefficient (Wildman–Crippen LogP) is 3.61. The molecule has 0 saturated carbocycles. The average Bonchev–Trinajstić information content (AvgIpc) is 2.57. The Bertz CT molecular complexity index is 769. The van der Waals surface area contributed by atoms with Gasteiger partial charge in [0.15, 0.2) is 0 Å². The highest BCUT2D eigenvalue weighted by Gasteiger charge is 2.02. The Hall–Kier alpha value is -2.99. The van der Waals surface area contributed by atoms with Gasteiger partial charge in [-0.2, -0.15) is 5.10 Å². The maximum atomic E-state index is 11.7. The Kier molecular flexibility index (Phi) is 6.22. The number of halogens is 1. The van der Waals surface area contributed by atoms with Crippen LogP contribution < -0.4 is 5.43 Å². The van der Waals surface area contributed by atoms with Crippen LogP contribution in [0.3, 0.4) is 0 Å². The van der Waals surface area contributed by atoms with Crippen LogP contribution in [-0.2, 0) is 11.2 Å². The molecule has 1 amide bonds. The number of hydrogen-bond donors (Lipinski definition) is 1. The predicted molar refractivity (Wildman–Crippen MR) is 93.9 cm³/mol. The monoisotopic (exact) mass is 343 g/mol. The number of hydrogen-bond acceptors (Lipinski definition) is 4. The lowest BCUT2D eigenvalue weighted by molar-refractivity contribution is -0.384. The second-order valence-corrected chi connectivity index (χ2v) is 5.26. The van der Waals surface area contributed by atoms with Crippen molar-refractivity contribution in [2.24, 2.45) is 5.10 Å². The van der Waals surface area contributed by atoms with Gasteiger partial charge in [-0.15, -0.1) is 0 Å². The minimum Gasteiger partial charge on any atom is -0.273 e. The first-order valence-corrected chi connectivity index (χ1v) is 7.40. The molecule has 2 aromatic carbocycles. The van der Waals surface area contributed by atoms with Crippen molar-refractivity contribution in [3.63, 3.8) is 0 Å². The topological polar surface area (TPSA) is 84.6 Å². The molecular formula is C17H14ClN3O3. The lowest BCUT2D eigenvalue weighted by Gasteiger charge is -2.00. The van der Waals surface area contributed by atoms with E-state index in [4.69, 9.17) is 11.6 Å². The van der Waals surface area contributed by atoms with Crippen molar-refractivity contribution in [2.45, 2.75) is 6.42 Å². The largest absolute Gasteiger partial charge is 0.273 e. The first kappa shape index (κ1) is 17.4. The summed E-state index contributed by atoms with van der Waals surface area (Å²) >= 11 is 5.78. The van der Waals surface area contributed by atoms with E-state index in [1.807, 2.05) is 0 Å². The maximum absolute atomic E-state index is 11.7. The van der Waals surface area contributed by atoms with Crippen molar-refractivity contribution >= 4 is 35.5 Å².